The molecule has 0 bridgehead atoms. The van der Waals surface area contributed by atoms with E-state index in [-0.39, 0.29) is 5.75 Å². The molecule has 2 N–H and O–H groups in total. The minimum atomic E-state index is -0.847. The lowest BCUT2D eigenvalue weighted by Gasteiger charge is -2.22. The Bertz CT molecular complexity index is 541. The van der Waals surface area contributed by atoms with Crippen LogP contribution in [-0.4, -0.2) is 36.4 Å². The van der Waals surface area contributed by atoms with Crippen LogP contribution in [-0.2, 0) is 11.2 Å². The summed E-state index contributed by atoms with van der Waals surface area (Å²) in [5.41, 5.74) is 2.60. The summed E-state index contributed by atoms with van der Waals surface area (Å²) in [4.78, 5) is 13.6. The van der Waals surface area contributed by atoms with Crippen LogP contribution in [0.25, 0.3) is 0 Å². The van der Waals surface area contributed by atoms with Gasteiger partial charge in [-0.05, 0) is 30.9 Å². The maximum atomic E-state index is 11.5. The summed E-state index contributed by atoms with van der Waals surface area (Å²) in [7, 11) is 1.95. The van der Waals surface area contributed by atoms with Crippen molar-refractivity contribution in [2.45, 2.75) is 25.2 Å². The largest absolute Gasteiger partial charge is 0.504 e. The molecule has 0 amide bonds. The highest BCUT2D eigenvalue weighted by molar-refractivity contribution is 5.84. The van der Waals surface area contributed by atoms with Crippen LogP contribution < -0.4 is 9.64 Å². The Kier molecular flexibility index (Phi) is 2.77. The lowest BCUT2D eigenvalue weighted by atomic mass is 9.90. The van der Waals surface area contributed by atoms with Crippen molar-refractivity contribution in [1.29, 1.82) is 0 Å². The highest BCUT2D eigenvalue weighted by Crippen LogP contribution is 2.48. The molecule has 2 aliphatic heterocycles. The number of phenolic OH excluding ortho intramolecular Hbond substituents is 1. The van der Waals surface area contributed by atoms with E-state index in [1.807, 2.05) is 7.05 Å². The number of anilines is 1. The number of aromatic hydroxyl groups is 1. The Labute approximate surface area is 111 Å². The zero-order valence-corrected chi connectivity index (χ0v) is 10.8. The average Bonchev–Trinajstić information content (AvgIpc) is 2.62. The number of hydrogen-bond acceptors (Lipinski definition) is 4. The Morgan fingerprint density at radius 1 is 1.53 bits per heavy atom. The van der Waals surface area contributed by atoms with Crippen LogP contribution in [0.3, 0.4) is 0 Å². The fourth-order valence-corrected chi connectivity index (χ4v) is 3.09. The van der Waals surface area contributed by atoms with Crippen LogP contribution in [0.1, 0.15) is 29.9 Å². The number of phenols is 1. The van der Waals surface area contributed by atoms with Gasteiger partial charge in [0.25, 0.3) is 0 Å². The molecule has 1 aromatic rings. The number of carbonyl (C=O) groups is 1. The summed E-state index contributed by atoms with van der Waals surface area (Å²) in [6, 6.07) is 1.71. The highest BCUT2D eigenvalue weighted by Gasteiger charge is 2.35. The zero-order chi connectivity index (χ0) is 13.6. The number of carboxylic acid groups (broad SMARTS) is 1. The molecule has 3 rings (SSSR count). The van der Waals surface area contributed by atoms with E-state index in [4.69, 9.17) is 4.74 Å². The second-order valence-corrected chi connectivity index (χ2v) is 5.20. The summed E-state index contributed by atoms with van der Waals surface area (Å²) >= 11 is 0. The average molecular weight is 263 g/mol. The SMILES string of the molecule is CN1CCc2cc(O)c3c(c21)C(C(=O)O)CCCO3. The van der Waals surface area contributed by atoms with Gasteiger partial charge in [-0.3, -0.25) is 4.79 Å². The topological polar surface area (TPSA) is 70.0 Å². The molecule has 0 spiro atoms. The smallest absolute Gasteiger partial charge is 0.311 e. The van der Waals surface area contributed by atoms with Crippen molar-refractivity contribution in [3.05, 3.63) is 17.2 Å². The number of carboxylic acids is 1. The van der Waals surface area contributed by atoms with Gasteiger partial charge in [0, 0.05) is 24.8 Å². The normalized spacial score (nSPS) is 21.3. The van der Waals surface area contributed by atoms with Crippen LogP contribution in [0.2, 0.25) is 0 Å². The predicted molar refractivity (Wildman–Crippen MR) is 70.2 cm³/mol. The molecule has 0 aliphatic carbocycles. The van der Waals surface area contributed by atoms with Gasteiger partial charge in [0.2, 0.25) is 0 Å². The molecule has 0 fully saturated rings. The third-order valence-corrected chi connectivity index (χ3v) is 3.98. The van der Waals surface area contributed by atoms with E-state index >= 15 is 0 Å². The van der Waals surface area contributed by atoms with Crippen LogP contribution in [0, 0.1) is 0 Å². The summed E-state index contributed by atoms with van der Waals surface area (Å²) in [6.45, 7) is 1.30. The standard InChI is InChI=1S/C14H17NO4/c1-15-5-4-8-7-10(16)13-11(12(8)15)9(14(17)18)3-2-6-19-13/h7,9,16H,2-6H2,1H3,(H,17,18). The number of ether oxygens (including phenoxy) is 1. The molecule has 5 heteroatoms. The molecular weight excluding hydrogens is 246 g/mol. The first-order valence-electron chi connectivity index (χ1n) is 6.55. The number of hydrogen-bond donors (Lipinski definition) is 2. The van der Waals surface area contributed by atoms with Gasteiger partial charge >= 0.3 is 5.97 Å². The molecule has 1 atom stereocenters. The molecule has 5 nitrogen and oxygen atoms in total. The molecule has 0 saturated heterocycles. The molecule has 1 unspecified atom stereocenters. The van der Waals surface area contributed by atoms with Crippen LogP contribution in [0.4, 0.5) is 5.69 Å². The third kappa shape index (κ3) is 1.80. The lowest BCUT2D eigenvalue weighted by molar-refractivity contribution is -0.138. The van der Waals surface area contributed by atoms with Gasteiger partial charge in [0.05, 0.1) is 12.5 Å². The third-order valence-electron chi connectivity index (χ3n) is 3.98. The van der Waals surface area contributed by atoms with E-state index in [1.165, 1.54) is 0 Å². The Hall–Kier alpha value is -1.91. The lowest BCUT2D eigenvalue weighted by Crippen LogP contribution is -2.18. The van der Waals surface area contributed by atoms with Gasteiger partial charge in [-0.2, -0.15) is 0 Å². The zero-order valence-electron chi connectivity index (χ0n) is 10.8. The van der Waals surface area contributed by atoms with E-state index in [0.717, 1.165) is 24.2 Å². The van der Waals surface area contributed by atoms with E-state index in [1.54, 1.807) is 6.07 Å². The van der Waals surface area contributed by atoms with Gasteiger partial charge in [0.15, 0.2) is 11.5 Å². The number of benzene rings is 1. The molecule has 0 saturated carbocycles. The van der Waals surface area contributed by atoms with Crippen molar-refractivity contribution >= 4 is 11.7 Å². The molecule has 19 heavy (non-hydrogen) atoms. The van der Waals surface area contributed by atoms with Crippen LogP contribution >= 0.6 is 0 Å². The van der Waals surface area contributed by atoms with Crippen molar-refractivity contribution in [2.75, 3.05) is 25.1 Å². The second-order valence-electron chi connectivity index (χ2n) is 5.20. The summed E-state index contributed by atoms with van der Waals surface area (Å²) < 4.78 is 5.59. The molecule has 0 radical (unpaired) electrons. The van der Waals surface area contributed by atoms with Crippen LogP contribution in [0.5, 0.6) is 11.5 Å². The van der Waals surface area contributed by atoms with E-state index in [2.05, 4.69) is 4.90 Å². The van der Waals surface area contributed by atoms with E-state index in [9.17, 15) is 15.0 Å². The fraction of sp³-hybridized carbons (Fsp3) is 0.500. The fourth-order valence-electron chi connectivity index (χ4n) is 3.09. The first-order chi connectivity index (χ1) is 9.09. The Morgan fingerprint density at radius 3 is 3.05 bits per heavy atom. The van der Waals surface area contributed by atoms with Crippen molar-refractivity contribution in [1.82, 2.24) is 0 Å². The number of nitrogens with zero attached hydrogens (tertiary/aromatic N) is 1. The molecule has 1 aromatic carbocycles. The maximum absolute atomic E-state index is 11.5. The highest BCUT2D eigenvalue weighted by atomic mass is 16.5. The van der Waals surface area contributed by atoms with Gasteiger partial charge < -0.3 is 19.8 Å². The van der Waals surface area contributed by atoms with E-state index < -0.39 is 11.9 Å². The molecule has 2 aliphatic rings. The number of fused-ring (bicyclic) bond motifs is 3. The van der Waals surface area contributed by atoms with Crippen LogP contribution in [0.15, 0.2) is 6.07 Å². The molecule has 2 heterocycles. The monoisotopic (exact) mass is 263 g/mol. The first kappa shape index (κ1) is 12.1. The van der Waals surface area contributed by atoms with E-state index in [0.29, 0.717) is 30.8 Å². The molecule has 0 aromatic heterocycles. The summed E-state index contributed by atoms with van der Waals surface area (Å²) in [5.74, 6) is -1.02. The van der Waals surface area contributed by atoms with Gasteiger partial charge in [-0.25, -0.2) is 0 Å². The molecule has 102 valence electrons. The van der Waals surface area contributed by atoms with Gasteiger partial charge in [-0.15, -0.1) is 0 Å². The maximum Gasteiger partial charge on any atom is 0.311 e. The minimum Gasteiger partial charge on any atom is -0.504 e. The Balaban J connectivity index is 2.26. The van der Waals surface area contributed by atoms with Crippen molar-refractivity contribution in [2.24, 2.45) is 0 Å². The minimum absolute atomic E-state index is 0.0669. The van der Waals surface area contributed by atoms with Gasteiger partial charge in [0.1, 0.15) is 0 Å². The summed E-state index contributed by atoms with van der Waals surface area (Å²) in [5, 5.41) is 19.6. The predicted octanol–water partition coefficient (Wildman–Crippen LogP) is 1.73. The second kappa shape index (κ2) is 4.33. The molecular formula is C14H17NO4. The van der Waals surface area contributed by atoms with Crippen molar-refractivity contribution < 1.29 is 19.7 Å². The number of likely N-dealkylation sites (N-methyl/N-ethyl adjacent to an activating group) is 1. The van der Waals surface area contributed by atoms with Crippen molar-refractivity contribution in [3.8, 4) is 11.5 Å². The number of aliphatic carboxylic acids is 1. The van der Waals surface area contributed by atoms with Crippen molar-refractivity contribution in [3.63, 3.8) is 0 Å². The van der Waals surface area contributed by atoms with Gasteiger partial charge in [-0.1, -0.05) is 0 Å². The first-order valence-corrected chi connectivity index (χ1v) is 6.55. The summed E-state index contributed by atoms with van der Waals surface area (Å²) in [6.07, 6.45) is 2.06. The number of rotatable bonds is 1. The Morgan fingerprint density at radius 2 is 2.32 bits per heavy atom. The quantitative estimate of drug-likeness (QED) is 0.807.